The molecule has 0 saturated heterocycles. The third-order valence-corrected chi connectivity index (χ3v) is 23.8. The van der Waals surface area contributed by atoms with Crippen LogP contribution < -0.4 is 0 Å². The second-order valence-electron chi connectivity index (χ2n) is 31.8. The van der Waals surface area contributed by atoms with Crippen LogP contribution in [0.5, 0.6) is 0 Å². The lowest BCUT2D eigenvalue weighted by Gasteiger charge is -2.10. The van der Waals surface area contributed by atoms with Gasteiger partial charge in [-0.3, -0.25) is 0 Å². The van der Waals surface area contributed by atoms with Crippen LogP contribution in [0.1, 0.15) is 0 Å². The van der Waals surface area contributed by atoms with E-state index in [1.54, 1.807) is 0 Å². The molecule has 6 aromatic heterocycles. The summed E-state index contributed by atoms with van der Waals surface area (Å²) < 4.78 is 18.7. The molecule has 604 valence electrons. The first-order valence-electron chi connectivity index (χ1n) is 42.9. The van der Waals surface area contributed by atoms with E-state index in [0.717, 1.165) is 171 Å². The molecular formula is C117H73N9O3. The molecule has 0 atom stereocenters. The number of rotatable bonds is 13. The number of aromatic nitrogens is 9. The first-order valence-corrected chi connectivity index (χ1v) is 42.9. The summed E-state index contributed by atoms with van der Waals surface area (Å²) in [5.41, 5.74) is 22.8. The monoisotopic (exact) mass is 1650 g/mol. The molecule has 0 bridgehead atoms. The summed E-state index contributed by atoms with van der Waals surface area (Å²) in [5, 5.41) is 13.7. The van der Waals surface area contributed by atoms with E-state index in [1.807, 2.05) is 158 Å². The van der Waals surface area contributed by atoms with E-state index in [2.05, 4.69) is 285 Å². The number of furan rings is 3. The highest BCUT2D eigenvalue weighted by Gasteiger charge is 2.22. The highest BCUT2D eigenvalue weighted by atomic mass is 16.3. The van der Waals surface area contributed by atoms with Crippen molar-refractivity contribution >= 4 is 98.1 Å². The van der Waals surface area contributed by atoms with Crippen molar-refractivity contribution in [3.63, 3.8) is 0 Å². The van der Waals surface area contributed by atoms with Gasteiger partial charge in [0.05, 0.1) is 0 Å². The zero-order valence-electron chi connectivity index (χ0n) is 69.4. The van der Waals surface area contributed by atoms with Gasteiger partial charge in [-0.25, -0.2) is 44.9 Å². The van der Waals surface area contributed by atoms with Crippen molar-refractivity contribution in [3.05, 3.63) is 443 Å². The SMILES string of the molecule is c1ccc(-c2nc(-c3ccc(-c4ccc5oc6ccccc6c5c4)cc3)nc(-c3ccc4ccccc4c3)n2)cc1.c1ccc(-c2nc(-c3ccccc3)nc(-c3ccc(-c4ccc(-c5ccccc5)c5c4oc4ccccc45)cc3)n2)cc1.c1ccc2cc(-c3nc(-c4ccc(-c5cccc6oc7ccccc7c56)cc4)nc(-c4ccc5ccccc5c4)n3)ccc2c1. The average Bonchev–Trinajstić information content (AvgIpc) is 1.57. The molecule has 25 rings (SSSR count). The summed E-state index contributed by atoms with van der Waals surface area (Å²) in [6, 6.07) is 152. The van der Waals surface area contributed by atoms with Crippen LogP contribution in [0.3, 0.4) is 0 Å². The molecule has 0 spiro atoms. The maximum atomic E-state index is 6.51. The molecule has 0 aliphatic heterocycles. The number of hydrogen-bond acceptors (Lipinski definition) is 12. The van der Waals surface area contributed by atoms with Crippen molar-refractivity contribution in [1.82, 2.24) is 44.9 Å². The summed E-state index contributed by atoms with van der Waals surface area (Å²) >= 11 is 0. The Morgan fingerprint density at radius 2 is 0.403 bits per heavy atom. The minimum Gasteiger partial charge on any atom is -0.456 e. The van der Waals surface area contributed by atoms with Crippen LogP contribution >= 0.6 is 0 Å². The van der Waals surface area contributed by atoms with E-state index in [4.69, 9.17) is 58.1 Å². The van der Waals surface area contributed by atoms with E-state index in [1.165, 1.54) is 21.7 Å². The van der Waals surface area contributed by atoms with Gasteiger partial charge >= 0.3 is 0 Å². The Balaban J connectivity index is 0.000000111. The molecule has 19 aromatic carbocycles. The molecule has 6 heterocycles. The fraction of sp³-hybridized carbons (Fsp3) is 0. The van der Waals surface area contributed by atoms with Gasteiger partial charge in [0.25, 0.3) is 0 Å². The van der Waals surface area contributed by atoms with Crippen molar-refractivity contribution in [2.24, 2.45) is 0 Å². The quantitative estimate of drug-likeness (QED) is 0.108. The van der Waals surface area contributed by atoms with Gasteiger partial charge in [-0.05, 0) is 132 Å². The molecule has 0 aliphatic carbocycles. The maximum Gasteiger partial charge on any atom is 0.164 e. The third-order valence-electron chi connectivity index (χ3n) is 23.8. The van der Waals surface area contributed by atoms with Crippen LogP contribution in [0.4, 0.5) is 0 Å². The Morgan fingerprint density at radius 1 is 0.132 bits per heavy atom. The first-order chi connectivity index (χ1) is 63.9. The normalized spacial score (nSPS) is 11.4. The highest BCUT2D eigenvalue weighted by molar-refractivity contribution is 6.17. The Bertz CT molecular complexity index is 8380. The fourth-order valence-electron chi connectivity index (χ4n) is 17.3. The van der Waals surface area contributed by atoms with Crippen LogP contribution in [0.2, 0.25) is 0 Å². The van der Waals surface area contributed by atoms with Crippen LogP contribution in [-0.4, -0.2) is 44.9 Å². The van der Waals surface area contributed by atoms with Gasteiger partial charge in [-0.15, -0.1) is 0 Å². The lowest BCUT2D eigenvalue weighted by Crippen LogP contribution is -2.00. The predicted molar refractivity (Wildman–Crippen MR) is 525 cm³/mol. The molecular weight excluding hydrogens is 1580 g/mol. The molecule has 0 N–H and O–H groups in total. The minimum absolute atomic E-state index is 0.632. The molecule has 0 fully saturated rings. The smallest absolute Gasteiger partial charge is 0.164 e. The second-order valence-corrected chi connectivity index (χ2v) is 31.8. The van der Waals surface area contributed by atoms with Gasteiger partial charge in [-0.1, -0.05) is 382 Å². The predicted octanol–water partition coefficient (Wildman–Crippen LogP) is 30.4. The third kappa shape index (κ3) is 15.1. The molecule has 12 nitrogen and oxygen atoms in total. The Morgan fingerprint density at radius 3 is 0.845 bits per heavy atom. The van der Waals surface area contributed by atoms with E-state index < -0.39 is 0 Å². The lowest BCUT2D eigenvalue weighted by molar-refractivity contribution is 0.668. The van der Waals surface area contributed by atoms with Crippen molar-refractivity contribution in [2.45, 2.75) is 0 Å². The summed E-state index contributed by atoms with van der Waals surface area (Å²) in [6.07, 6.45) is 0. The van der Waals surface area contributed by atoms with Gasteiger partial charge in [0.2, 0.25) is 0 Å². The van der Waals surface area contributed by atoms with E-state index >= 15 is 0 Å². The van der Waals surface area contributed by atoms with Crippen LogP contribution in [0, 0.1) is 0 Å². The molecule has 0 radical (unpaired) electrons. The van der Waals surface area contributed by atoms with E-state index in [-0.39, 0.29) is 0 Å². The standard InChI is InChI=1S/C41H25N3O.C39H25N3O.C37H23N3O/c1-3-10-30-24-32(22-16-26(30)8-1)40-42-39(43-41(44-40)33-23-17-27-9-2-4-11-31(27)25-33)29-20-18-28(19-21-29)34-13-7-15-37-38(34)35-12-5-6-14-36(35)45-37;1-4-12-26(13-5-1)31-24-25-32(36-35(31)33-18-10-11-19-34(33)43-36)27-20-22-30(23-21-27)39-41-37(28-14-6-2-7-15-28)40-38(42-39)29-16-8-3-9-17-29;1-2-9-26(10-3-1)35-38-36(40-37(39-35)30-19-16-24-8-4-5-11-28(24)22-30)27-17-14-25(15-18-27)29-20-21-34-32(23-29)31-12-6-7-13-33(31)41-34/h1-25H;1-25H;1-23H. The van der Waals surface area contributed by atoms with Crippen molar-refractivity contribution in [2.75, 3.05) is 0 Å². The molecule has 129 heavy (non-hydrogen) atoms. The lowest BCUT2D eigenvalue weighted by atomic mass is 9.94. The van der Waals surface area contributed by atoms with Crippen molar-refractivity contribution in [1.29, 1.82) is 0 Å². The molecule has 0 unspecified atom stereocenters. The van der Waals surface area contributed by atoms with Gasteiger partial charge in [0, 0.05) is 88.0 Å². The molecule has 0 amide bonds. The zero-order valence-corrected chi connectivity index (χ0v) is 69.4. The zero-order chi connectivity index (χ0) is 85.5. The fourth-order valence-corrected chi connectivity index (χ4v) is 17.3. The van der Waals surface area contributed by atoms with Crippen LogP contribution in [0.25, 0.3) is 245 Å². The van der Waals surface area contributed by atoms with Crippen molar-refractivity contribution in [3.8, 4) is 147 Å². The number of benzene rings is 19. The number of para-hydroxylation sites is 3. The topological polar surface area (TPSA) is 155 Å². The molecule has 0 aliphatic rings. The Labute approximate surface area is 741 Å². The van der Waals surface area contributed by atoms with E-state index in [9.17, 15) is 0 Å². The summed E-state index contributed by atoms with van der Waals surface area (Å²) in [4.78, 5) is 44.4. The summed E-state index contributed by atoms with van der Waals surface area (Å²) in [6.45, 7) is 0. The number of nitrogens with zero attached hydrogens (tertiary/aromatic N) is 9. The summed E-state index contributed by atoms with van der Waals surface area (Å²) in [7, 11) is 0. The van der Waals surface area contributed by atoms with Crippen molar-refractivity contribution < 1.29 is 13.3 Å². The molecule has 0 saturated carbocycles. The largest absolute Gasteiger partial charge is 0.456 e. The van der Waals surface area contributed by atoms with Gasteiger partial charge in [0.1, 0.15) is 33.5 Å². The molecule has 12 heteroatoms. The minimum atomic E-state index is 0.632. The van der Waals surface area contributed by atoms with Gasteiger partial charge in [-0.2, -0.15) is 0 Å². The number of hydrogen-bond donors (Lipinski definition) is 0. The number of fused-ring (bicyclic) bond motifs is 12. The highest BCUT2D eigenvalue weighted by Crippen LogP contribution is 2.44. The Kier molecular flexibility index (Phi) is 19.6. The maximum absolute atomic E-state index is 6.51. The first kappa shape index (κ1) is 76.3. The van der Waals surface area contributed by atoms with Crippen LogP contribution in [0.15, 0.2) is 456 Å². The average molecular weight is 1650 g/mol. The summed E-state index contributed by atoms with van der Waals surface area (Å²) in [5.74, 6) is 5.80. The van der Waals surface area contributed by atoms with Gasteiger partial charge in [0.15, 0.2) is 52.4 Å². The van der Waals surface area contributed by atoms with Gasteiger partial charge < -0.3 is 13.3 Å². The van der Waals surface area contributed by atoms with E-state index in [0.29, 0.717) is 52.4 Å². The van der Waals surface area contributed by atoms with Crippen LogP contribution in [-0.2, 0) is 0 Å². The second kappa shape index (κ2) is 33.2. The Hall–Kier alpha value is -17.6. The molecule has 25 aromatic rings.